The molecule has 1 aromatic carbocycles. The van der Waals surface area contributed by atoms with Gasteiger partial charge in [0.2, 0.25) is 0 Å². The number of nitrogens with zero attached hydrogens (tertiary/aromatic N) is 1. The SMILES string of the molecule is Cc1ccccc1C(=O)Cn1cccc(Br)c1=O. The van der Waals surface area contributed by atoms with E-state index in [4.69, 9.17) is 0 Å². The molecule has 0 fully saturated rings. The van der Waals surface area contributed by atoms with Crippen LogP contribution in [0.3, 0.4) is 0 Å². The highest BCUT2D eigenvalue weighted by Crippen LogP contribution is 2.09. The maximum atomic E-state index is 12.1. The molecular formula is C14H12BrNO2. The van der Waals surface area contributed by atoms with Crippen LogP contribution < -0.4 is 5.56 Å². The van der Waals surface area contributed by atoms with Gasteiger partial charge in [-0.3, -0.25) is 9.59 Å². The molecule has 0 saturated carbocycles. The molecule has 0 saturated heterocycles. The molecule has 0 unspecified atom stereocenters. The van der Waals surface area contributed by atoms with Crippen LogP contribution in [0.1, 0.15) is 15.9 Å². The number of benzene rings is 1. The maximum absolute atomic E-state index is 12.1. The van der Waals surface area contributed by atoms with Crippen LogP contribution in [0.5, 0.6) is 0 Å². The third kappa shape index (κ3) is 2.59. The van der Waals surface area contributed by atoms with Crippen LogP contribution in [0.4, 0.5) is 0 Å². The summed E-state index contributed by atoms with van der Waals surface area (Å²) in [5, 5.41) is 0. The van der Waals surface area contributed by atoms with Gasteiger partial charge in [-0.05, 0) is 40.5 Å². The maximum Gasteiger partial charge on any atom is 0.265 e. The van der Waals surface area contributed by atoms with Crippen LogP contribution in [0.25, 0.3) is 0 Å². The lowest BCUT2D eigenvalue weighted by molar-refractivity contribution is 0.0970. The Bertz CT molecular complexity index is 646. The number of hydrogen-bond acceptors (Lipinski definition) is 2. The predicted octanol–water partition coefficient (Wildman–Crippen LogP) is 2.80. The largest absolute Gasteiger partial charge is 0.307 e. The topological polar surface area (TPSA) is 39.1 Å². The standard InChI is InChI=1S/C14H12BrNO2/c1-10-5-2-3-6-11(10)13(17)9-16-8-4-7-12(15)14(16)18/h2-8H,9H2,1H3. The van der Waals surface area contributed by atoms with Gasteiger partial charge in [0.25, 0.3) is 5.56 Å². The average Bonchev–Trinajstić information content (AvgIpc) is 2.35. The van der Waals surface area contributed by atoms with E-state index in [1.54, 1.807) is 24.4 Å². The van der Waals surface area contributed by atoms with Gasteiger partial charge < -0.3 is 4.57 Å². The third-order valence-electron chi connectivity index (χ3n) is 2.73. The number of ketones is 1. The van der Waals surface area contributed by atoms with Gasteiger partial charge in [-0.25, -0.2) is 0 Å². The van der Waals surface area contributed by atoms with Crippen molar-refractivity contribution in [2.75, 3.05) is 0 Å². The highest BCUT2D eigenvalue weighted by atomic mass is 79.9. The van der Waals surface area contributed by atoms with E-state index in [1.807, 2.05) is 25.1 Å². The van der Waals surface area contributed by atoms with Gasteiger partial charge >= 0.3 is 0 Å². The summed E-state index contributed by atoms with van der Waals surface area (Å²) < 4.78 is 1.86. The van der Waals surface area contributed by atoms with Crippen molar-refractivity contribution < 1.29 is 4.79 Å². The fourth-order valence-electron chi connectivity index (χ4n) is 1.76. The zero-order chi connectivity index (χ0) is 13.1. The van der Waals surface area contributed by atoms with Gasteiger partial charge in [0.15, 0.2) is 5.78 Å². The number of halogens is 1. The number of hydrogen-bond donors (Lipinski definition) is 0. The Morgan fingerprint density at radius 1 is 1.22 bits per heavy atom. The minimum atomic E-state index is -0.195. The van der Waals surface area contributed by atoms with E-state index < -0.39 is 0 Å². The van der Waals surface area contributed by atoms with Crippen molar-refractivity contribution in [3.05, 3.63) is 68.5 Å². The van der Waals surface area contributed by atoms with Crippen molar-refractivity contribution in [1.29, 1.82) is 0 Å². The van der Waals surface area contributed by atoms with Crippen LogP contribution in [0.15, 0.2) is 51.9 Å². The van der Waals surface area contributed by atoms with E-state index in [-0.39, 0.29) is 17.9 Å². The van der Waals surface area contributed by atoms with Crippen molar-refractivity contribution >= 4 is 21.7 Å². The molecule has 3 nitrogen and oxygen atoms in total. The summed E-state index contributed by atoms with van der Waals surface area (Å²) in [6, 6.07) is 10.8. The summed E-state index contributed by atoms with van der Waals surface area (Å²) in [5.74, 6) is -0.0618. The molecule has 1 aromatic heterocycles. The van der Waals surface area contributed by atoms with Gasteiger partial charge in [0.05, 0.1) is 11.0 Å². The van der Waals surface area contributed by atoms with Crippen LogP contribution in [-0.2, 0) is 6.54 Å². The summed E-state index contributed by atoms with van der Waals surface area (Å²) >= 11 is 3.16. The normalized spacial score (nSPS) is 10.3. The minimum Gasteiger partial charge on any atom is -0.307 e. The first-order chi connectivity index (χ1) is 8.59. The number of carbonyl (C=O) groups excluding carboxylic acids is 1. The van der Waals surface area contributed by atoms with E-state index in [9.17, 15) is 9.59 Å². The van der Waals surface area contributed by atoms with E-state index in [1.165, 1.54) is 4.57 Å². The zero-order valence-electron chi connectivity index (χ0n) is 9.89. The molecule has 0 bridgehead atoms. The molecule has 0 amide bonds. The van der Waals surface area contributed by atoms with Crippen LogP contribution in [0.2, 0.25) is 0 Å². The zero-order valence-corrected chi connectivity index (χ0v) is 11.5. The first kappa shape index (κ1) is 12.8. The molecule has 92 valence electrons. The number of aryl methyl sites for hydroxylation is 1. The molecule has 18 heavy (non-hydrogen) atoms. The molecule has 0 spiro atoms. The Morgan fingerprint density at radius 3 is 2.67 bits per heavy atom. The molecule has 2 aromatic rings. The smallest absolute Gasteiger partial charge is 0.265 e. The molecule has 1 heterocycles. The highest BCUT2D eigenvalue weighted by molar-refractivity contribution is 9.10. The molecule has 0 aliphatic heterocycles. The first-order valence-electron chi connectivity index (χ1n) is 5.53. The van der Waals surface area contributed by atoms with Crippen LogP contribution >= 0.6 is 15.9 Å². The van der Waals surface area contributed by atoms with Crippen molar-refractivity contribution in [1.82, 2.24) is 4.57 Å². The lowest BCUT2D eigenvalue weighted by Gasteiger charge is -2.07. The fraction of sp³-hybridized carbons (Fsp3) is 0.143. The molecule has 2 rings (SSSR count). The molecule has 0 atom stereocenters. The lowest BCUT2D eigenvalue weighted by Crippen LogP contribution is -2.24. The molecular weight excluding hydrogens is 294 g/mol. The second kappa shape index (κ2) is 5.31. The fourth-order valence-corrected chi connectivity index (χ4v) is 2.14. The van der Waals surface area contributed by atoms with Crippen molar-refractivity contribution in [2.24, 2.45) is 0 Å². The Balaban J connectivity index is 2.30. The van der Waals surface area contributed by atoms with E-state index in [2.05, 4.69) is 15.9 Å². The van der Waals surface area contributed by atoms with E-state index in [0.29, 0.717) is 10.0 Å². The predicted molar refractivity (Wildman–Crippen MR) is 73.9 cm³/mol. The Morgan fingerprint density at radius 2 is 1.94 bits per heavy atom. The summed E-state index contributed by atoms with van der Waals surface area (Å²) in [5.41, 5.74) is 1.38. The summed E-state index contributed by atoms with van der Waals surface area (Å²) in [6.07, 6.45) is 1.61. The molecule has 0 aliphatic rings. The minimum absolute atomic E-state index is 0.0587. The molecule has 0 N–H and O–H groups in total. The highest BCUT2D eigenvalue weighted by Gasteiger charge is 2.10. The van der Waals surface area contributed by atoms with E-state index >= 15 is 0 Å². The number of aromatic nitrogens is 1. The van der Waals surface area contributed by atoms with Gasteiger partial charge in [-0.1, -0.05) is 24.3 Å². The van der Waals surface area contributed by atoms with Crippen LogP contribution in [0, 0.1) is 6.92 Å². The van der Waals surface area contributed by atoms with Gasteiger partial charge in [-0.2, -0.15) is 0 Å². The van der Waals surface area contributed by atoms with Gasteiger partial charge in [0.1, 0.15) is 0 Å². The number of pyridine rings is 1. The van der Waals surface area contributed by atoms with Crippen molar-refractivity contribution in [2.45, 2.75) is 13.5 Å². The summed E-state index contributed by atoms with van der Waals surface area (Å²) in [6.45, 7) is 1.94. The lowest BCUT2D eigenvalue weighted by atomic mass is 10.1. The molecule has 0 aliphatic carbocycles. The monoisotopic (exact) mass is 305 g/mol. The first-order valence-corrected chi connectivity index (χ1v) is 6.32. The van der Waals surface area contributed by atoms with Crippen molar-refractivity contribution in [3.63, 3.8) is 0 Å². The van der Waals surface area contributed by atoms with Gasteiger partial charge in [0, 0.05) is 11.8 Å². The second-order valence-corrected chi connectivity index (χ2v) is 4.88. The number of carbonyl (C=O) groups is 1. The summed E-state index contributed by atoms with van der Waals surface area (Å²) in [7, 11) is 0. The van der Waals surface area contributed by atoms with E-state index in [0.717, 1.165) is 5.56 Å². The Kier molecular flexibility index (Phi) is 3.77. The Labute approximate surface area is 113 Å². The second-order valence-electron chi connectivity index (χ2n) is 4.03. The van der Waals surface area contributed by atoms with Crippen molar-refractivity contribution in [3.8, 4) is 0 Å². The third-order valence-corrected chi connectivity index (χ3v) is 3.34. The number of Topliss-reactive ketones (excluding diaryl/α,β-unsaturated/α-hetero) is 1. The quantitative estimate of drug-likeness (QED) is 0.818. The molecule has 0 radical (unpaired) electrons. The van der Waals surface area contributed by atoms with Crippen LogP contribution in [-0.4, -0.2) is 10.4 Å². The number of rotatable bonds is 3. The summed E-state index contributed by atoms with van der Waals surface area (Å²) in [4.78, 5) is 23.9. The van der Waals surface area contributed by atoms with Gasteiger partial charge in [-0.15, -0.1) is 0 Å². The molecule has 4 heteroatoms. The Hall–Kier alpha value is -1.68. The average molecular weight is 306 g/mol.